The van der Waals surface area contributed by atoms with Crippen LogP contribution in [-0.4, -0.2) is 23.5 Å². The Morgan fingerprint density at radius 3 is 3.36 bits per heavy atom. The van der Waals surface area contributed by atoms with Crippen molar-refractivity contribution in [3.05, 3.63) is 16.6 Å². The first-order chi connectivity index (χ1) is 6.86. The number of aromatic nitrogens is 1. The van der Waals surface area contributed by atoms with Gasteiger partial charge in [0.1, 0.15) is 5.01 Å². The molecule has 4 nitrogen and oxygen atoms in total. The van der Waals surface area contributed by atoms with Crippen molar-refractivity contribution in [3.63, 3.8) is 0 Å². The number of carbonyl (C=O) groups is 1. The van der Waals surface area contributed by atoms with Crippen LogP contribution in [0.3, 0.4) is 0 Å². The molecule has 1 aliphatic rings. The molecule has 14 heavy (non-hydrogen) atoms. The Hall–Kier alpha value is -0.940. The summed E-state index contributed by atoms with van der Waals surface area (Å²) in [4.78, 5) is 15.6. The summed E-state index contributed by atoms with van der Waals surface area (Å²) in [5, 5.41) is 8.90. The summed E-state index contributed by atoms with van der Waals surface area (Å²) < 4.78 is 0. The van der Waals surface area contributed by atoms with E-state index >= 15 is 0 Å². The summed E-state index contributed by atoms with van der Waals surface area (Å²) >= 11 is 1.56. The molecule has 0 unspecified atom stereocenters. The molecule has 0 aromatic carbocycles. The van der Waals surface area contributed by atoms with Crippen molar-refractivity contribution in [1.29, 1.82) is 0 Å². The zero-order chi connectivity index (χ0) is 9.80. The van der Waals surface area contributed by atoms with Crippen LogP contribution in [0, 0.1) is 0 Å². The van der Waals surface area contributed by atoms with Gasteiger partial charge in [0.15, 0.2) is 0 Å². The van der Waals surface area contributed by atoms with Gasteiger partial charge in [0.05, 0.1) is 12.6 Å². The Kier molecular flexibility index (Phi) is 3.10. The standard InChI is InChI=1S/C9H13N3OS/c13-9(7-2-1-3-10-7)12-6-8-11-4-5-14-8/h4-5,7,10H,1-3,6H2,(H,12,13)/t7-/m0/s1. The van der Waals surface area contributed by atoms with Gasteiger partial charge in [0.25, 0.3) is 0 Å². The van der Waals surface area contributed by atoms with Gasteiger partial charge in [0, 0.05) is 11.6 Å². The third-order valence-electron chi connectivity index (χ3n) is 2.27. The van der Waals surface area contributed by atoms with Crippen molar-refractivity contribution in [2.45, 2.75) is 25.4 Å². The molecular formula is C9H13N3OS. The van der Waals surface area contributed by atoms with Gasteiger partial charge in [-0.05, 0) is 19.4 Å². The number of rotatable bonds is 3. The van der Waals surface area contributed by atoms with Gasteiger partial charge in [-0.15, -0.1) is 11.3 Å². The van der Waals surface area contributed by atoms with E-state index < -0.39 is 0 Å². The SMILES string of the molecule is O=C(NCc1nccs1)[C@@H]1CCCN1. The molecule has 0 bridgehead atoms. The van der Waals surface area contributed by atoms with Crippen LogP contribution in [0.2, 0.25) is 0 Å². The first-order valence-electron chi connectivity index (χ1n) is 4.76. The molecule has 2 N–H and O–H groups in total. The van der Waals surface area contributed by atoms with E-state index in [1.807, 2.05) is 5.38 Å². The van der Waals surface area contributed by atoms with E-state index in [-0.39, 0.29) is 11.9 Å². The largest absolute Gasteiger partial charge is 0.348 e. The molecule has 2 heterocycles. The highest BCUT2D eigenvalue weighted by molar-refractivity contribution is 7.09. The average Bonchev–Trinajstić information content (AvgIpc) is 2.87. The van der Waals surface area contributed by atoms with Crippen LogP contribution >= 0.6 is 11.3 Å². The minimum absolute atomic E-state index is 0.00922. The van der Waals surface area contributed by atoms with Gasteiger partial charge >= 0.3 is 0 Å². The van der Waals surface area contributed by atoms with E-state index in [2.05, 4.69) is 15.6 Å². The monoisotopic (exact) mass is 211 g/mol. The lowest BCUT2D eigenvalue weighted by Crippen LogP contribution is -2.39. The molecule has 5 heteroatoms. The number of amides is 1. The fourth-order valence-corrected chi connectivity index (χ4v) is 2.09. The third kappa shape index (κ3) is 2.30. The van der Waals surface area contributed by atoms with Crippen molar-refractivity contribution >= 4 is 17.2 Å². The molecule has 0 radical (unpaired) electrons. The van der Waals surface area contributed by atoms with Gasteiger partial charge in [-0.3, -0.25) is 4.79 Å². The Balaban J connectivity index is 1.77. The van der Waals surface area contributed by atoms with E-state index in [1.165, 1.54) is 0 Å². The lowest BCUT2D eigenvalue weighted by molar-refractivity contribution is -0.122. The molecule has 0 aliphatic carbocycles. The molecule has 76 valence electrons. The summed E-state index contributed by atoms with van der Waals surface area (Å²) in [6, 6.07) is 0.00922. The average molecular weight is 211 g/mol. The summed E-state index contributed by atoms with van der Waals surface area (Å²) in [5.74, 6) is 0.0951. The second kappa shape index (κ2) is 4.52. The number of carbonyl (C=O) groups excluding carboxylic acids is 1. The Morgan fingerprint density at radius 2 is 2.71 bits per heavy atom. The molecule has 1 aliphatic heterocycles. The summed E-state index contributed by atoms with van der Waals surface area (Å²) in [6.45, 7) is 1.50. The summed E-state index contributed by atoms with van der Waals surface area (Å²) in [5.41, 5.74) is 0. The summed E-state index contributed by atoms with van der Waals surface area (Å²) in [6.07, 6.45) is 3.79. The third-order valence-corrected chi connectivity index (χ3v) is 3.05. The first kappa shape index (κ1) is 9.61. The Morgan fingerprint density at radius 1 is 1.79 bits per heavy atom. The van der Waals surface area contributed by atoms with Crippen molar-refractivity contribution in [2.75, 3.05) is 6.54 Å². The number of hydrogen-bond donors (Lipinski definition) is 2. The fourth-order valence-electron chi connectivity index (χ4n) is 1.53. The minimum Gasteiger partial charge on any atom is -0.348 e. The van der Waals surface area contributed by atoms with Crippen molar-refractivity contribution in [1.82, 2.24) is 15.6 Å². The molecule has 1 fully saturated rings. The van der Waals surface area contributed by atoms with Gasteiger partial charge in [-0.2, -0.15) is 0 Å². The second-order valence-corrected chi connectivity index (χ2v) is 4.27. The number of nitrogens with zero attached hydrogens (tertiary/aromatic N) is 1. The molecule has 2 rings (SSSR count). The van der Waals surface area contributed by atoms with Crippen molar-refractivity contribution in [3.8, 4) is 0 Å². The van der Waals surface area contributed by atoms with Gasteiger partial charge < -0.3 is 10.6 Å². The van der Waals surface area contributed by atoms with Gasteiger partial charge in [-0.25, -0.2) is 4.98 Å². The van der Waals surface area contributed by atoms with Gasteiger partial charge in [0.2, 0.25) is 5.91 Å². The van der Waals surface area contributed by atoms with E-state index in [9.17, 15) is 4.79 Å². The van der Waals surface area contributed by atoms with Crippen LogP contribution in [0.25, 0.3) is 0 Å². The molecule has 0 spiro atoms. The van der Waals surface area contributed by atoms with Crippen LogP contribution in [-0.2, 0) is 11.3 Å². The first-order valence-corrected chi connectivity index (χ1v) is 5.64. The van der Waals surface area contributed by atoms with E-state index in [0.29, 0.717) is 6.54 Å². The van der Waals surface area contributed by atoms with E-state index in [0.717, 1.165) is 24.4 Å². The van der Waals surface area contributed by atoms with Crippen LogP contribution in [0.15, 0.2) is 11.6 Å². The normalized spacial score (nSPS) is 21.0. The predicted octanol–water partition coefficient (Wildman–Crippen LogP) is 0.511. The van der Waals surface area contributed by atoms with Crippen molar-refractivity contribution in [2.24, 2.45) is 0 Å². The number of hydrogen-bond acceptors (Lipinski definition) is 4. The topological polar surface area (TPSA) is 54.0 Å². The highest BCUT2D eigenvalue weighted by atomic mass is 32.1. The van der Waals surface area contributed by atoms with E-state index in [4.69, 9.17) is 0 Å². The number of thiazole rings is 1. The second-order valence-electron chi connectivity index (χ2n) is 3.29. The molecule has 0 saturated carbocycles. The van der Waals surface area contributed by atoms with Crippen LogP contribution in [0.5, 0.6) is 0 Å². The predicted molar refractivity (Wildman–Crippen MR) is 55.0 cm³/mol. The zero-order valence-electron chi connectivity index (χ0n) is 7.82. The smallest absolute Gasteiger partial charge is 0.237 e. The lowest BCUT2D eigenvalue weighted by Gasteiger charge is -2.09. The lowest BCUT2D eigenvalue weighted by atomic mass is 10.2. The quantitative estimate of drug-likeness (QED) is 0.766. The van der Waals surface area contributed by atoms with Gasteiger partial charge in [-0.1, -0.05) is 0 Å². The molecule has 1 saturated heterocycles. The fraction of sp³-hybridized carbons (Fsp3) is 0.556. The number of nitrogens with one attached hydrogen (secondary N) is 2. The Labute approximate surface area is 86.7 Å². The maximum absolute atomic E-state index is 11.5. The van der Waals surface area contributed by atoms with Crippen LogP contribution in [0.4, 0.5) is 0 Å². The maximum atomic E-state index is 11.5. The molecule has 1 aromatic heterocycles. The molecular weight excluding hydrogens is 198 g/mol. The van der Waals surface area contributed by atoms with Crippen LogP contribution in [0.1, 0.15) is 17.8 Å². The highest BCUT2D eigenvalue weighted by Gasteiger charge is 2.21. The van der Waals surface area contributed by atoms with E-state index in [1.54, 1.807) is 17.5 Å². The molecule has 1 amide bonds. The highest BCUT2D eigenvalue weighted by Crippen LogP contribution is 2.06. The molecule has 1 aromatic rings. The summed E-state index contributed by atoms with van der Waals surface area (Å²) in [7, 11) is 0. The maximum Gasteiger partial charge on any atom is 0.237 e. The molecule has 1 atom stereocenters. The Bertz CT molecular complexity index is 293. The minimum atomic E-state index is 0.00922. The van der Waals surface area contributed by atoms with Crippen molar-refractivity contribution < 1.29 is 4.79 Å². The zero-order valence-corrected chi connectivity index (χ0v) is 8.64. The van der Waals surface area contributed by atoms with Crippen LogP contribution < -0.4 is 10.6 Å².